The molecule has 0 atom stereocenters. The Morgan fingerprint density at radius 3 is 2.65 bits per heavy atom. The van der Waals surface area contributed by atoms with E-state index in [2.05, 4.69) is 5.32 Å². The lowest BCUT2D eigenvalue weighted by atomic mass is 10.2. The number of nitrogens with one attached hydrogen (secondary N) is 1. The first-order chi connectivity index (χ1) is 7.93. The van der Waals surface area contributed by atoms with E-state index < -0.39 is 11.7 Å². The van der Waals surface area contributed by atoms with Crippen LogP contribution in [-0.4, -0.2) is 5.91 Å². The molecule has 17 heavy (non-hydrogen) atoms. The first-order valence-corrected chi connectivity index (χ1v) is 5.40. The van der Waals surface area contributed by atoms with E-state index in [4.69, 9.17) is 0 Å². The highest BCUT2D eigenvalue weighted by atomic mass is 19.4. The van der Waals surface area contributed by atoms with Crippen molar-refractivity contribution in [2.75, 3.05) is 5.32 Å². The summed E-state index contributed by atoms with van der Waals surface area (Å²) in [7, 11) is 0. The fraction of sp³-hybridized carbons (Fsp3) is 0.417. The zero-order valence-corrected chi connectivity index (χ0v) is 9.47. The van der Waals surface area contributed by atoms with Crippen molar-refractivity contribution in [3.8, 4) is 0 Å². The lowest BCUT2D eigenvalue weighted by Gasteiger charge is -2.09. The van der Waals surface area contributed by atoms with Crippen LogP contribution in [0.3, 0.4) is 0 Å². The van der Waals surface area contributed by atoms with Crippen LogP contribution in [0.4, 0.5) is 18.9 Å². The van der Waals surface area contributed by atoms with Crippen molar-refractivity contribution in [1.82, 2.24) is 0 Å². The van der Waals surface area contributed by atoms with Crippen molar-refractivity contribution in [3.63, 3.8) is 0 Å². The van der Waals surface area contributed by atoms with Gasteiger partial charge in [-0.15, -0.1) is 0 Å². The third-order valence-corrected chi connectivity index (χ3v) is 2.23. The van der Waals surface area contributed by atoms with Crippen LogP contribution in [0.15, 0.2) is 24.3 Å². The molecule has 2 nitrogen and oxygen atoms in total. The van der Waals surface area contributed by atoms with Crippen LogP contribution in [0.25, 0.3) is 0 Å². The lowest BCUT2D eigenvalue weighted by Crippen LogP contribution is -2.12. The monoisotopic (exact) mass is 245 g/mol. The van der Waals surface area contributed by atoms with Gasteiger partial charge in [0.15, 0.2) is 0 Å². The summed E-state index contributed by atoms with van der Waals surface area (Å²) in [5.41, 5.74) is -0.577. The number of hydrogen-bond acceptors (Lipinski definition) is 1. The first-order valence-electron chi connectivity index (χ1n) is 5.40. The van der Waals surface area contributed by atoms with E-state index in [0.29, 0.717) is 6.42 Å². The quantitative estimate of drug-likeness (QED) is 0.858. The summed E-state index contributed by atoms with van der Waals surface area (Å²) in [5.74, 6) is -0.258. The molecule has 0 radical (unpaired) electrons. The van der Waals surface area contributed by atoms with Gasteiger partial charge in [0.05, 0.1) is 5.56 Å². The molecule has 0 heterocycles. The summed E-state index contributed by atoms with van der Waals surface area (Å²) in [6.45, 7) is 1.94. The average molecular weight is 245 g/mol. The Bertz CT molecular complexity index is 388. The van der Waals surface area contributed by atoms with Gasteiger partial charge in [0.25, 0.3) is 0 Å². The largest absolute Gasteiger partial charge is 0.416 e. The Morgan fingerprint density at radius 1 is 1.35 bits per heavy atom. The summed E-state index contributed by atoms with van der Waals surface area (Å²) < 4.78 is 37.2. The number of rotatable bonds is 4. The van der Waals surface area contributed by atoms with Crippen LogP contribution in [-0.2, 0) is 11.0 Å². The normalized spacial score (nSPS) is 11.3. The second-order valence-corrected chi connectivity index (χ2v) is 3.73. The van der Waals surface area contributed by atoms with E-state index in [0.717, 1.165) is 25.0 Å². The molecular weight excluding hydrogens is 231 g/mol. The third kappa shape index (κ3) is 4.46. The molecule has 1 aromatic carbocycles. The maximum absolute atomic E-state index is 12.4. The number of carbonyl (C=O) groups excluding carboxylic acids is 1. The molecule has 94 valence electrons. The molecule has 0 aliphatic heterocycles. The van der Waals surface area contributed by atoms with E-state index in [9.17, 15) is 18.0 Å². The van der Waals surface area contributed by atoms with E-state index >= 15 is 0 Å². The number of unbranched alkanes of at least 4 members (excludes halogenated alkanes) is 1. The number of benzene rings is 1. The molecule has 0 spiro atoms. The summed E-state index contributed by atoms with van der Waals surface area (Å²) >= 11 is 0. The van der Waals surface area contributed by atoms with Crippen molar-refractivity contribution in [3.05, 3.63) is 29.8 Å². The zero-order valence-electron chi connectivity index (χ0n) is 9.47. The fourth-order valence-electron chi connectivity index (χ4n) is 1.33. The van der Waals surface area contributed by atoms with Crippen molar-refractivity contribution < 1.29 is 18.0 Å². The van der Waals surface area contributed by atoms with Gasteiger partial charge in [-0.25, -0.2) is 0 Å². The van der Waals surface area contributed by atoms with E-state index in [-0.39, 0.29) is 11.6 Å². The number of halogens is 3. The van der Waals surface area contributed by atoms with Crippen molar-refractivity contribution in [2.45, 2.75) is 32.4 Å². The van der Waals surface area contributed by atoms with Gasteiger partial charge in [0, 0.05) is 12.1 Å². The summed E-state index contributed by atoms with van der Waals surface area (Å²) in [6.07, 6.45) is -2.46. The minimum absolute atomic E-state index is 0.181. The number of hydrogen-bond donors (Lipinski definition) is 1. The van der Waals surface area contributed by atoms with E-state index in [1.165, 1.54) is 12.1 Å². The standard InChI is InChI=1S/C12H14F3NO/c1-2-3-7-11(17)16-10-6-4-5-9(8-10)12(13,14)15/h4-6,8H,2-3,7H2,1H3,(H,16,17). The molecule has 1 rings (SSSR count). The van der Waals surface area contributed by atoms with Crippen LogP contribution < -0.4 is 5.32 Å². The van der Waals surface area contributed by atoms with Crippen molar-refractivity contribution in [1.29, 1.82) is 0 Å². The Labute approximate surface area is 97.8 Å². The molecule has 0 unspecified atom stereocenters. The molecule has 5 heteroatoms. The molecule has 1 N–H and O–H groups in total. The number of amides is 1. The lowest BCUT2D eigenvalue weighted by molar-refractivity contribution is -0.137. The second-order valence-electron chi connectivity index (χ2n) is 3.73. The smallest absolute Gasteiger partial charge is 0.326 e. The van der Waals surface area contributed by atoms with Crippen molar-refractivity contribution in [2.24, 2.45) is 0 Å². The predicted octanol–water partition coefficient (Wildman–Crippen LogP) is 3.83. The summed E-state index contributed by atoms with van der Waals surface area (Å²) in [4.78, 5) is 11.3. The topological polar surface area (TPSA) is 29.1 Å². The molecule has 0 saturated carbocycles. The van der Waals surface area contributed by atoms with Gasteiger partial charge in [0.2, 0.25) is 5.91 Å². The molecule has 1 amide bonds. The van der Waals surface area contributed by atoms with Crippen LogP contribution in [0, 0.1) is 0 Å². The molecule has 1 aromatic rings. The van der Waals surface area contributed by atoms with E-state index in [1.807, 2.05) is 6.92 Å². The Kier molecular flexibility index (Phi) is 4.54. The maximum Gasteiger partial charge on any atom is 0.416 e. The number of anilines is 1. The average Bonchev–Trinajstić information content (AvgIpc) is 2.25. The van der Waals surface area contributed by atoms with Crippen LogP contribution in [0.1, 0.15) is 31.7 Å². The SMILES string of the molecule is CCCCC(=O)Nc1cccc(C(F)(F)F)c1. The fourth-order valence-corrected chi connectivity index (χ4v) is 1.33. The molecule has 0 saturated heterocycles. The molecule has 0 fully saturated rings. The Balaban J connectivity index is 2.69. The number of carbonyl (C=O) groups is 1. The van der Waals surface area contributed by atoms with Gasteiger partial charge in [-0.1, -0.05) is 19.4 Å². The van der Waals surface area contributed by atoms with Crippen molar-refractivity contribution >= 4 is 11.6 Å². The van der Waals surface area contributed by atoms with Crippen LogP contribution in [0.5, 0.6) is 0 Å². The van der Waals surface area contributed by atoms with Gasteiger partial charge in [-0.2, -0.15) is 13.2 Å². The third-order valence-electron chi connectivity index (χ3n) is 2.23. The molecule has 0 bridgehead atoms. The zero-order chi connectivity index (χ0) is 12.9. The van der Waals surface area contributed by atoms with Gasteiger partial charge in [-0.3, -0.25) is 4.79 Å². The van der Waals surface area contributed by atoms with Gasteiger partial charge < -0.3 is 5.32 Å². The Morgan fingerprint density at radius 2 is 2.06 bits per heavy atom. The minimum atomic E-state index is -4.38. The highest BCUT2D eigenvalue weighted by Crippen LogP contribution is 2.30. The highest BCUT2D eigenvalue weighted by Gasteiger charge is 2.30. The van der Waals surface area contributed by atoms with Crippen LogP contribution >= 0.6 is 0 Å². The summed E-state index contributed by atoms with van der Waals surface area (Å²) in [6, 6.07) is 4.63. The molecule has 0 aromatic heterocycles. The molecule has 0 aliphatic rings. The van der Waals surface area contributed by atoms with Gasteiger partial charge in [-0.05, 0) is 24.6 Å². The number of alkyl halides is 3. The summed E-state index contributed by atoms with van der Waals surface area (Å²) in [5, 5.41) is 2.45. The highest BCUT2D eigenvalue weighted by molar-refractivity contribution is 5.90. The predicted molar refractivity (Wildman–Crippen MR) is 59.6 cm³/mol. The second kappa shape index (κ2) is 5.70. The first kappa shape index (κ1) is 13.5. The van der Waals surface area contributed by atoms with Gasteiger partial charge >= 0.3 is 6.18 Å². The van der Waals surface area contributed by atoms with Gasteiger partial charge in [0.1, 0.15) is 0 Å². The minimum Gasteiger partial charge on any atom is -0.326 e. The van der Waals surface area contributed by atoms with E-state index in [1.54, 1.807) is 0 Å². The molecule has 0 aliphatic carbocycles. The Hall–Kier alpha value is -1.52. The maximum atomic E-state index is 12.4. The molecular formula is C12H14F3NO. The van der Waals surface area contributed by atoms with Crippen LogP contribution in [0.2, 0.25) is 0 Å².